The number of aromatic nitrogens is 6. The Balaban J connectivity index is 1.56. The van der Waals surface area contributed by atoms with Crippen LogP contribution in [0.3, 0.4) is 0 Å². The fourth-order valence-electron chi connectivity index (χ4n) is 4.13. The van der Waals surface area contributed by atoms with Gasteiger partial charge in [-0.05, 0) is 36.8 Å². The summed E-state index contributed by atoms with van der Waals surface area (Å²) in [6.07, 6.45) is 4.01. The van der Waals surface area contributed by atoms with Gasteiger partial charge in [-0.1, -0.05) is 18.2 Å². The summed E-state index contributed by atoms with van der Waals surface area (Å²) in [6, 6.07) is 8.38. The highest BCUT2D eigenvalue weighted by atomic mass is 19.3. The molecule has 4 heterocycles. The largest absolute Gasteiger partial charge is 0.366 e. The summed E-state index contributed by atoms with van der Waals surface area (Å²) in [6.45, 7) is 2.46. The molecular formula is C24H19F4N7. The van der Waals surface area contributed by atoms with E-state index in [1.807, 2.05) is 0 Å². The molecule has 5 rings (SSSR count). The molecule has 0 spiro atoms. The van der Waals surface area contributed by atoms with Gasteiger partial charge in [-0.25, -0.2) is 27.1 Å². The summed E-state index contributed by atoms with van der Waals surface area (Å²) >= 11 is 0. The van der Waals surface area contributed by atoms with Gasteiger partial charge in [0.15, 0.2) is 11.5 Å². The van der Waals surface area contributed by atoms with Crippen LogP contribution >= 0.6 is 0 Å². The van der Waals surface area contributed by atoms with E-state index in [4.69, 9.17) is 5.73 Å². The Morgan fingerprint density at radius 3 is 2.40 bits per heavy atom. The molecule has 0 radical (unpaired) electrons. The van der Waals surface area contributed by atoms with Gasteiger partial charge in [0.1, 0.15) is 11.9 Å². The molecule has 0 aliphatic heterocycles. The summed E-state index contributed by atoms with van der Waals surface area (Å²) in [5, 5.41) is 8.07. The molecule has 7 nitrogen and oxygen atoms in total. The molecule has 0 fully saturated rings. The second-order valence-electron chi connectivity index (χ2n) is 8.24. The number of benzene rings is 1. The molecule has 0 saturated heterocycles. The molecule has 5 aromatic rings. The number of alkyl halides is 2. The standard InChI is InChI=1S/C24H19F4N7/c1-13-20(17(26)12-35-22(13)32-23(29)33-35)19-5-3-4-18(31-19)15-10-30-34(11-15)21(24(2,27)28)14-6-8-16(25)9-7-14/h3-12,21H,1-2H3,(H2,29,33)/t21-/m1/s1. The van der Waals surface area contributed by atoms with Gasteiger partial charge in [0.2, 0.25) is 5.95 Å². The number of pyridine rings is 2. The van der Waals surface area contributed by atoms with Gasteiger partial charge in [-0.15, -0.1) is 5.10 Å². The second kappa shape index (κ2) is 8.19. The van der Waals surface area contributed by atoms with E-state index >= 15 is 0 Å². The van der Waals surface area contributed by atoms with Gasteiger partial charge < -0.3 is 5.73 Å². The predicted octanol–water partition coefficient (Wildman–Crippen LogP) is 5.07. The van der Waals surface area contributed by atoms with Crippen LogP contribution in [0.1, 0.15) is 24.1 Å². The lowest BCUT2D eigenvalue weighted by atomic mass is 10.0. The van der Waals surface area contributed by atoms with Crippen molar-refractivity contribution in [3.63, 3.8) is 0 Å². The van der Waals surface area contributed by atoms with Crippen LogP contribution in [0.15, 0.2) is 61.1 Å². The molecule has 0 saturated carbocycles. The van der Waals surface area contributed by atoms with Crippen LogP contribution in [-0.2, 0) is 0 Å². The van der Waals surface area contributed by atoms with Crippen molar-refractivity contribution in [1.82, 2.24) is 29.4 Å². The first-order valence-electron chi connectivity index (χ1n) is 10.6. The molecule has 178 valence electrons. The third kappa shape index (κ3) is 4.09. The van der Waals surface area contributed by atoms with E-state index in [0.29, 0.717) is 28.2 Å². The van der Waals surface area contributed by atoms with E-state index in [1.165, 1.54) is 35.2 Å². The number of halogens is 4. The van der Waals surface area contributed by atoms with Crippen molar-refractivity contribution in [2.24, 2.45) is 0 Å². The van der Waals surface area contributed by atoms with Gasteiger partial charge in [0.05, 0.1) is 23.8 Å². The zero-order chi connectivity index (χ0) is 24.9. The van der Waals surface area contributed by atoms with Crippen molar-refractivity contribution in [2.45, 2.75) is 25.8 Å². The Bertz CT molecular complexity index is 1530. The maximum Gasteiger partial charge on any atom is 0.271 e. The minimum absolute atomic E-state index is 0.0159. The predicted molar refractivity (Wildman–Crippen MR) is 122 cm³/mol. The molecule has 0 aliphatic rings. The molecule has 11 heteroatoms. The number of hydrogen-bond donors (Lipinski definition) is 1. The average molecular weight is 481 g/mol. The van der Waals surface area contributed by atoms with E-state index in [-0.39, 0.29) is 17.1 Å². The van der Waals surface area contributed by atoms with E-state index in [9.17, 15) is 17.6 Å². The first kappa shape index (κ1) is 22.5. The lowest BCUT2D eigenvalue weighted by molar-refractivity contribution is -0.0217. The zero-order valence-corrected chi connectivity index (χ0v) is 18.6. The van der Waals surface area contributed by atoms with Crippen molar-refractivity contribution < 1.29 is 17.6 Å². The Labute approximate surface area is 196 Å². The third-order valence-corrected chi connectivity index (χ3v) is 5.67. The maximum absolute atomic E-state index is 15.0. The molecule has 0 unspecified atom stereocenters. The summed E-state index contributed by atoms with van der Waals surface area (Å²) in [5.41, 5.74) is 8.15. The number of nitrogens with two attached hydrogens (primary N) is 1. The van der Waals surface area contributed by atoms with E-state index < -0.39 is 23.6 Å². The van der Waals surface area contributed by atoms with Crippen molar-refractivity contribution in [3.05, 3.63) is 83.8 Å². The van der Waals surface area contributed by atoms with Crippen LogP contribution in [0.4, 0.5) is 23.5 Å². The highest BCUT2D eigenvalue weighted by molar-refractivity contribution is 5.73. The fourth-order valence-corrected chi connectivity index (χ4v) is 4.13. The minimum atomic E-state index is -3.19. The molecule has 1 atom stereocenters. The van der Waals surface area contributed by atoms with Crippen molar-refractivity contribution in [3.8, 4) is 22.5 Å². The quantitative estimate of drug-likeness (QED) is 0.354. The van der Waals surface area contributed by atoms with Crippen LogP contribution in [0.5, 0.6) is 0 Å². The van der Waals surface area contributed by atoms with E-state index in [2.05, 4.69) is 20.2 Å². The van der Waals surface area contributed by atoms with Gasteiger partial charge in [0, 0.05) is 29.8 Å². The Kier molecular flexibility index (Phi) is 5.27. The van der Waals surface area contributed by atoms with Crippen LogP contribution in [0.25, 0.3) is 28.2 Å². The van der Waals surface area contributed by atoms with Gasteiger partial charge in [-0.3, -0.25) is 4.68 Å². The Hall–Kier alpha value is -4.28. The first-order valence-corrected chi connectivity index (χ1v) is 10.6. The van der Waals surface area contributed by atoms with Crippen molar-refractivity contribution in [1.29, 1.82) is 0 Å². The molecule has 0 bridgehead atoms. The minimum Gasteiger partial charge on any atom is -0.366 e. The van der Waals surface area contributed by atoms with E-state index in [1.54, 1.807) is 25.1 Å². The molecule has 2 N–H and O–H groups in total. The molecule has 0 amide bonds. The number of rotatable bonds is 5. The van der Waals surface area contributed by atoms with Crippen LogP contribution < -0.4 is 5.73 Å². The zero-order valence-electron chi connectivity index (χ0n) is 18.6. The maximum atomic E-state index is 15.0. The van der Waals surface area contributed by atoms with Gasteiger partial charge in [0.25, 0.3) is 5.92 Å². The lowest BCUT2D eigenvalue weighted by Gasteiger charge is -2.24. The van der Waals surface area contributed by atoms with Crippen LogP contribution in [-0.4, -0.2) is 35.3 Å². The SMILES string of the molecule is Cc1c(-c2cccc(-c3cnn([C@H](c4ccc(F)cc4)C(C)(F)F)c3)n2)c(F)cn2nc(N)nc12. The van der Waals surface area contributed by atoms with Crippen molar-refractivity contribution >= 4 is 11.6 Å². The monoisotopic (exact) mass is 481 g/mol. The number of aryl methyl sites for hydroxylation is 1. The lowest BCUT2D eigenvalue weighted by Crippen LogP contribution is -2.29. The molecule has 35 heavy (non-hydrogen) atoms. The number of hydrogen-bond acceptors (Lipinski definition) is 5. The number of anilines is 1. The van der Waals surface area contributed by atoms with Crippen LogP contribution in [0, 0.1) is 18.6 Å². The molecule has 0 aliphatic carbocycles. The third-order valence-electron chi connectivity index (χ3n) is 5.67. The molecule has 4 aromatic heterocycles. The topological polar surface area (TPSA) is 86.9 Å². The average Bonchev–Trinajstić information content (AvgIpc) is 3.41. The number of nitrogens with zero attached hydrogens (tertiary/aromatic N) is 6. The van der Waals surface area contributed by atoms with Crippen LogP contribution in [0.2, 0.25) is 0 Å². The second-order valence-corrected chi connectivity index (χ2v) is 8.24. The Morgan fingerprint density at radius 1 is 0.971 bits per heavy atom. The van der Waals surface area contributed by atoms with Gasteiger partial charge >= 0.3 is 0 Å². The fraction of sp³-hybridized carbons (Fsp3) is 0.167. The smallest absolute Gasteiger partial charge is 0.271 e. The first-order chi connectivity index (χ1) is 16.6. The van der Waals surface area contributed by atoms with Crippen molar-refractivity contribution in [2.75, 3.05) is 5.73 Å². The number of fused-ring (bicyclic) bond motifs is 1. The molecule has 1 aromatic carbocycles. The summed E-state index contributed by atoms with van der Waals surface area (Å²) in [7, 11) is 0. The molecular weight excluding hydrogens is 462 g/mol. The van der Waals surface area contributed by atoms with Gasteiger partial charge in [-0.2, -0.15) is 10.1 Å². The Morgan fingerprint density at radius 2 is 1.69 bits per heavy atom. The summed E-state index contributed by atoms with van der Waals surface area (Å²) in [5.74, 6) is -4.26. The normalized spacial score (nSPS) is 12.9. The highest BCUT2D eigenvalue weighted by Crippen LogP contribution is 2.35. The highest BCUT2D eigenvalue weighted by Gasteiger charge is 2.37. The summed E-state index contributed by atoms with van der Waals surface area (Å²) < 4.78 is 59.8. The number of nitrogen functional groups attached to an aromatic ring is 1. The summed E-state index contributed by atoms with van der Waals surface area (Å²) in [4.78, 5) is 8.68. The van der Waals surface area contributed by atoms with E-state index in [0.717, 1.165) is 23.7 Å².